The van der Waals surface area contributed by atoms with Gasteiger partial charge in [-0.2, -0.15) is 5.10 Å². The van der Waals surface area contributed by atoms with Gasteiger partial charge in [0.05, 0.1) is 23.9 Å². The van der Waals surface area contributed by atoms with E-state index in [0.717, 1.165) is 17.3 Å². The van der Waals surface area contributed by atoms with Gasteiger partial charge in [0, 0.05) is 26.3 Å². The van der Waals surface area contributed by atoms with E-state index in [4.69, 9.17) is 44.0 Å². The number of hydrogen-bond donors (Lipinski definition) is 1. The highest BCUT2D eigenvalue weighted by atomic mass is 35.5. The van der Waals surface area contributed by atoms with Gasteiger partial charge in [0.15, 0.2) is 11.8 Å². The van der Waals surface area contributed by atoms with Crippen molar-refractivity contribution in [2.45, 2.75) is 6.54 Å². The Labute approximate surface area is 260 Å². The summed E-state index contributed by atoms with van der Waals surface area (Å²) in [6.45, 7) is -0.104. The first-order chi connectivity index (χ1) is 20.3. The molecule has 12 heteroatoms. The number of nitrogens with one attached hydrogen (secondary N) is 1. The summed E-state index contributed by atoms with van der Waals surface area (Å²) < 4.78 is 11.3. The van der Waals surface area contributed by atoms with Crippen molar-refractivity contribution in [1.82, 2.24) is 4.90 Å². The maximum atomic E-state index is 13.5. The van der Waals surface area contributed by atoms with Crippen molar-refractivity contribution >= 4 is 81.5 Å². The maximum Gasteiger partial charge on any atom is 0.267 e. The summed E-state index contributed by atoms with van der Waals surface area (Å²) in [5, 5.41) is 13.2. The highest BCUT2D eigenvalue weighted by molar-refractivity contribution is 8.18. The summed E-state index contributed by atoms with van der Waals surface area (Å²) in [6, 6.07) is 22.3. The molecule has 0 spiro atoms. The summed E-state index contributed by atoms with van der Waals surface area (Å²) in [4.78, 5) is 27.8. The monoisotopic (exact) mass is 638 g/mol. The fraction of sp³-hybridized carbons (Fsp3) is 0.0667. The van der Waals surface area contributed by atoms with Gasteiger partial charge in [-0.05, 0) is 90.1 Å². The summed E-state index contributed by atoms with van der Waals surface area (Å²) in [5.41, 5.74) is 1.90. The molecule has 1 saturated heterocycles. The van der Waals surface area contributed by atoms with Gasteiger partial charge < -0.3 is 14.5 Å². The first-order valence-electron chi connectivity index (χ1n) is 12.4. The fourth-order valence-electron chi connectivity index (χ4n) is 3.75. The Hall–Kier alpha value is -4.02. The molecular weight excluding hydrogens is 619 g/mol. The predicted octanol–water partition coefficient (Wildman–Crippen LogP) is 7.76. The van der Waals surface area contributed by atoms with E-state index in [1.54, 1.807) is 91.2 Å². The highest BCUT2D eigenvalue weighted by Gasteiger charge is 2.34. The van der Waals surface area contributed by atoms with E-state index in [0.29, 0.717) is 47.9 Å². The second-order valence-electron chi connectivity index (χ2n) is 8.79. The van der Waals surface area contributed by atoms with Gasteiger partial charge in [0.2, 0.25) is 0 Å². The lowest BCUT2D eigenvalue weighted by atomic mass is 10.2. The lowest BCUT2D eigenvalue weighted by Gasteiger charge is -2.13. The Morgan fingerprint density at radius 2 is 1.69 bits per heavy atom. The minimum Gasteiger partial charge on any atom is -0.483 e. The Kier molecular flexibility index (Phi) is 9.66. The summed E-state index contributed by atoms with van der Waals surface area (Å²) in [6.07, 6.45) is 4.75. The Balaban J connectivity index is 1.36. The minimum atomic E-state index is -0.366. The van der Waals surface area contributed by atoms with Crippen LogP contribution in [-0.4, -0.2) is 34.7 Å². The van der Waals surface area contributed by atoms with Crippen molar-refractivity contribution in [2.75, 3.05) is 11.9 Å². The zero-order chi connectivity index (χ0) is 29.5. The molecule has 0 aliphatic carbocycles. The van der Waals surface area contributed by atoms with E-state index in [1.165, 1.54) is 11.2 Å². The lowest BCUT2D eigenvalue weighted by Crippen LogP contribution is -2.28. The van der Waals surface area contributed by atoms with E-state index in [-0.39, 0.29) is 25.0 Å². The van der Waals surface area contributed by atoms with Crippen molar-refractivity contribution in [1.29, 1.82) is 0 Å². The van der Waals surface area contributed by atoms with Gasteiger partial charge >= 0.3 is 0 Å². The van der Waals surface area contributed by atoms with E-state index in [9.17, 15) is 9.59 Å². The Morgan fingerprint density at radius 1 is 0.976 bits per heavy atom. The van der Waals surface area contributed by atoms with E-state index < -0.39 is 0 Å². The number of amidine groups is 1. The molecule has 1 aromatic heterocycles. The Bertz CT molecular complexity index is 1670. The van der Waals surface area contributed by atoms with Crippen molar-refractivity contribution in [3.05, 3.63) is 122 Å². The highest BCUT2D eigenvalue weighted by Crippen LogP contribution is 2.36. The molecule has 2 amide bonds. The third kappa shape index (κ3) is 7.83. The molecule has 5 rings (SSSR count). The molecule has 1 N–H and O–H groups in total. The molecule has 1 aliphatic heterocycles. The van der Waals surface area contributed by atoms with Gasteiger partial charge in [-0.15, -0.1) is 5.10 Å². The molecule has 8 nitrogen and oxygen atoms in total. The molecule has 0 bridgehead atoms. The van der Waals surface area contributed by atoms with Gasteiger partial charge in [-0.1, -0.05) is 46.9 Å². The van der Waals surface area contributed by atoms with Crippen LogP contribution < -0.4 is 10.1 Å². The van der Waals surface area contributed by atoms with Gasteiger partial charge in [-0.25, -0.2) is 0 Å². The maximum absolute atomic E-state index is 13.5. The van der Waals surface area contributed by atoms with Crippen LogP contribution in [-0.2, 0) is 16.1 Å². The number of furan rings is 1. The molecule has 1 aliphatic rings. The van der Waals surface area contributed by atoms with Gasteiger partial charge in [-0.3, -0.25) is 14.5 Å². The summed E-state index contributed by atoms with van der Waals surface area (Å²) >= 11 is 19.3. The van der Waals surface area contributed by atoms with Crippen LogP contribution in [0.2, 0.25) is 15.1 Å². The van der Waals surface area contributed by atoms with Crippen LogP contribution in [0.5, 0.6) is 5.75 Å². The quantitative estimate of drug-likeness (QED) is 0.115. The fourth-order valence-corrected chi connectivity index (χ4v) is 5.11. The number of carbonyl (C=O) groups is 2. The molecule has 0 saturated carbocycles. The van der Waals surface area contributed by atoms with Crippen LogP contribution >= 0.6 is 46.6 Å². The van der Waals surface area contributed by atoms with Crippen LogP contribution in [0.1, 0.15) is 16.9 Å². The smallest absolute Gasteiger partial charge is 0.267 e. The molecular formula is C30H21Cl3N4O4S. The molecule has 0 radical (unpaired) electrons. The molecule has 3 aromatic carbocycles. The SMILES string of the molecule is O=C(COc1ccc(Cl)cc1/C=C1\S/C(=N\N=C\c2ccc(Cl)cc2)N(Cc2ccco2)C1=O)Nc1ccc(Cl)cc1. The molecule has 42 heavy (non-hydrogen) atoms. The van der Waals surface area contributed by atoms with Crippen LogP contribution in [0, 0.1) is 0 Å². The first kappa shape index (κ1) is 29.5. The van der Waals surface area contributed by atoms with Crippen LogP contribution in [0.15, 0.2) is 105 Å². The number of carbonyl (C=O) groups excluding carboxylic acids is 2. The normalized spacial score (nSPS) is 15.2. The predicted molar refractivity (Wildman–Crippen MR) is 168 cm³/mol. The van der Waals surface area contributed by atoms with Crippen LogP contribution in [0.25, 0.3) is 6.08 Å². The van der Waals surface area contributed by atoms with E-state index >= 15 is 0 Å². The average molecular weight is 640 g/mol. The number of halogens is 3. The van der Waals surface area contributed by atoms with Crippen LogP contribution in [0.4, 0.5) is 5.69 Å². The number of amides is 2. The molecule has 0 atom stereocenters. The summed E-state index contributed by atoms with van der Waals surface area (Å²) in [7, 11) is 0. The third-order valence-corrected chi connectivity index (χ3v) is 7.48. The topological polar surface area (TPSA) is 96.5 Å². The second-order valence-corrected chi connectivity index (χ2v) is 11.1. The van der Waals surface area contributed by atoms with Crippen molar-refractivity contribution < 1.29 is 18.7 Å². The zero-order valence-corrected chi connectivity index (χ0v) is 24.8. The average Bonchev–Trinajstić information content (AvgIpc) is 3.59. The van der Waals surface area contributed by atoms with Gasteiger partial charge in [0.25, 0.3) is 11.8 Å². The number of ether oxygens (including phenoxy) is 1. The first-order valence-corrected chi connectivity index (χ1v) is 14.4. The van der Waals surface area contributed by atoms with Crippen LogP contribution in [0.3, 0.4) is 0 Å². The largest absolute Gasteiger partial charge is 0.483 e. The zero-order valence-electron chi connectivity index (χ0n) is 21.7. The van der Waals surface area contributed by atoms with E-state index in [1.807, 2.05) is 0 Å². The van der Waals surface area contributed by atoms with Crippen molar-refractivity contribution in [2.24, 2.45) is 10.2 Å². The molecule has 0 unspecified atom stereocenters. The minimum absolute atomic E-state index is 0.162. The van der Waals surface area contributed by atoms with Crippen molar-refractivity contribution in [3.63, 3.8) is 0 Å². The molecule has 212 valence electrons. The van der Waals surface area contributed by atoms with Crippen molar-refractivity contribution in [3.8, 4) is 5.75 Å². The second kappa shape index (κ2) is 13.8. The Morgan fingerprint density at radius 3 is 2.40 bits per heavy atom. The summed E-state index contributed by atoms with van der Waals surface area (Å²) in [5.74, 6) is 0.284. The number of benzene rings is 3. The number of rotatable bonds is 9. The lowest BCUT2D eigenvalue weighted by molar-refractivity contribution is -0.122. The number of thioether (sulfide) groups is 1. The third-order valence-electron chi connectivity index (χ3n) is 5.75. The van der Waals surface area contributed by atoms with E-state index in [2.05, 4.69) is 15.5 Å². The standard InChI is InChI=1S/C30H21Cl3N4O4S/c31-21-5-3-19(4-6-21)16-34-36-30-37(17-25-2-1-13-40-25)29(39)27(42-30)15-20-14-23(33)9-12-26(20)41-18-28(38)35-24-10-7-22(32)8-11-24/h1-16H,17-18H2,(H,35,38)/b27-15-,34-16+,36-30-. The number of nitrogens with zero attached hydrogens (tertiary/aromatic N) is 3. The molecule has 1 fully saturated rings. The number of anilines is 1. The number of hydrogen-bond acceptors (Lipinski definition) is 7. The molecule has 2 heterocycles. The molecule has 4 aromatic rings. The van der Waals surface area contributed by atoms with Gasteiger partial charge in [0.1, 0.15) is 11.5 Å².